The Balaban J connectivity index is 2.48. The number of carboxylic acids is 1. The molecule has 1 aliphatic carbocycles. The smallest absolute Gasteiger partial charge is 0.315 e. The van der Waals surface area contributed by atoms with Crippen molar-refractivity contribution in [2.24, 2.45) is 11.8 Å². The first-order valence-electron chi connectivity index (χ1n) is 7.23. The third-order valence-electron chi connectivity index (χ3n) is 3.59. The Labute approximate surface area is 120 Å². The number of hydrogen-bond acceptors (Lipinski definition) is 3. The topological polar surface area (TPSA) is 81.7 Å². The van der Waals surface area contributed by atoms with E-state index >= 15 is 0 Å². The van der Waals surface area contributed by atoms with Gasteiger partial charge in [-0.3, -0.25) is 4.79 Å². The summed E-state index contributed by atoms with van der Waals surface area (Å²) in [4.78, 5) is 24.9. The number of carboxylic acid groups (broad SMARTS) is 1. The Morgan fingerprint density at radius 3 is 2.25 bits per heavy atom. The van der Waals surface area contributed by atoms with Gasteiger partial charge in [-0.15, -0.1) is 0 Å². The molecule has 6 nitrogen and oxygen atoms in total. The molecule has 1 rings (SSSR count). The van der Waals surface area contributed by atoms with Crippen LogP contribution in [0.5, 0.6) is 0 Å². The first-order valence-corrected chi connectivity index (χ1v) is 7.23. The maximum atomic E-state index is 12.0. The first kappa shape index (κ1) is 16.8. The van der Waals surface area contributed by atoms with E-state index in [0.29, 0.717) is 11.8 Å². The summed E-state index contributed by atoms with van der Waals surface area (Å²) in [6.07, 6.45) is 2.01. The number of aliphatic carboxylic acids is 1. The lowest BCUT2D eigenvalue weighted by atomic mass is 10.0. The van der Waals surface area contributed by atoms with Crippen LogP contribution in [-0.2, 0) is 4.79 Å². The monoisotopic (exact) mass is 285 g/mol. The van der Waals surface area contributed by atoms with Gasteiger partial charge in [0.2, 0.25) is 0 Å². The molecule has 0 bridgehead atoms. The minimum Gasteiger partial charge on any atom is -0.481 e. The van der Waals surface area contributed by atoms with Crippen LogP contribution in [-0.4, -0.2) is 54.7 Å². The van der Waals surface area contributed by atoms with Crippen molar-refractivity contribution in [3.05, 3.63) is 0 Å². The molecular formula is C14H27N3O3. The van der Waals surface area contributed by atoms with E-state index < -0.39 is 5.97 Å². The van der Waals surface area contributed by atoms with Gasteiger partial charge in [0.25, 0.3) is 0 Å². The van der Waals surface area contributed by atoms with Gasteiger partial charge in [0, 0.05) is 18.6 Å². The SMILES string of the molecule is CC(C)C(CN(C)C)NC(=O)NC(CC(=O)O)C1CC1. The van der Waals surface area contributed by atoms with E-state index in [1.807, 2.05) is 19.0 Å². The minimum atomic E-state index is -0.865. The number of carbonyl (C=O) groups is 2. The summed E-state index contributed by atoms with van der Waals surface area (Å²) in [5.74, 6) is -0.221. The van der Waals surface area contributed by atoms with E-state index in [9.17, 15) is 9.59 Å². The Kier molecular flexibility index (Phi) is 6.26. The van der Waals surface area contributed by atoms with E-state index in [1.165, 1.54) is 0 Å². The van der Waals surface area contributed by atoms with Crippen molar-refractivity contribution in [1.29, 1.82) is 0 Å². The molecule has 0 spiro atoms. The maximum absolute atomic E-state index is 12.0. The number of carbonyl (C=O) groups excluding carboxylic acids is 1. The van der Waals surface area contributed by atoms with Crippen molar-refractivity contribution in [1.82, 2.24) is 15.5 Å². The highest BCUT2D eigenvalue weighted by molar-refractivity contribution is 5.76. The summed E-state index contributed by atoms with van der Waals surface area (Å²) in [5.41, 5.74) is 0. The van der Waals surface area contributed by atoms with Crippen LogP contribution in [0.4, 0.5) is 4.79 Å². The average Bonchev–Trinajstić information content (AvgIpc) is 3.09. The summed E-state index contributed by atoms with van der Waals surface area (Å²) in [6, 6.07) is -0.460. The molecule has 2 atom stereocenters. The average molecular weight is 285 g/mol. The highest BCUT2D eigenvalue weighted by Gasteiger charge is 2.34. The molecule has 2 amide bonds. The molecule has 1 aliphatic rings. The van der Waals surface area contributed by atoms with Crippen LogP contribution in [0.1, 0.15) is 33.1 Å². The third-order valence-corrected chi connectivity index (χ3v) is 3.59. The third kappa shape index (κ3) is 6.23. The Morgan fingerprint density at radius 2 is 1.85 bits per heavy atom. The van der Waals surface area contributed by atoms with Crippen molar-refractivity contribution in [2.75, 3.05) is 20.6 Å². The second kappa shape index (κ2) is 7.47. The Bertz CT molecular complexity index is 341. The molecule has 0 aromatic carbocycles. The van der Waals surface area contributed by atoms with Crippen molar-refractivity contribution in [2.45, 2.75) is 45.2 Å². The highest BCUT2D eigenvalue weighted by atomic mass is 16.4. The van der Waals surface area contributed by atoms with Gasteiger partial charge in [-0.1, -0.05) is 13.8 Å². The van der Waals surface area contributed by atoms with Gasteiger partial charge in [0.05, 0.1) is 6.42 Å². The number of likely N-dealkylation sites (N-methyl/N-ethyl adjacent to an activating group) is 1. The van der Waals surface area contributed by atoms with Crippen molar-refractivity contribution in [3.8, 4) is 0 Å². The van der Waals surface area contributed by atoms with E-state index in [-0.39, 0.29) is 24.5 Å². The molecule has 1 fully saturated rings. The van der Waals surface area contributed by atoms with Gasteiger partial charge in [-0.25, -0.2) is 4.79 Å². The fourth-order valence-electron chi connectivity index (χ4n) is 2.22. The Hall–Kier alpha value is -1.30. The Morgan fingerprint density at radius 1 is 1.25 bits per heavy atom. The molecule has 0 heterocycles. The molecule has 6 heteroatoms. The predicted octanol–water partition coefficient (Wildman–Crippen LogP) is 1.13. The zero-order valence-corrected chi connectivity index (χ0v) is 12.8. The summed E-state index contributed by atoms with van der Waals surface area (Å²) in [6.45, 7) is 4.88. The normalized spacial score (nSPS) is 17.9. The summed E-state index contributed by atoms with van der Waals surface area (Å²) in [7, 11) is 3.93. The van der Waals surface area contributed by atoms with Crippen molar-refractivity contribution in [3.63, 3.8) is 0 Å². The standard InChI is InChI=1S/C14H27N3O3/c1-9(2)12(8-17(3)4)16-14(20)15-11(7-13(18)19)10-5-6-10/h9-12H,5-8H2,1-4H3,(H,18,19)(H2,15,16,20). The molecule has 3 N–H and O–H groups in total. The maximum Gasteiger partial charge on any atom is 0.315 e. The van der Waals surface area contributed by atoms with Gasteiger partial charge >= 0.3 is 12.0 Å². The van der Waals surface area contributed by atoms with Crippen LogP contribution in [0.3, 0.4) is 0 Å². The largest absolute Gasteiger partial charge is 0.481 e. The fraction of sp³-hybridized carbons (Fsp3) is 0.857. The van der Waals surface area contributed by atoms with Gasteiger partial charge < -0.3 is 20.6 Å². The number of amides is 2. The summed E-state index contributed by atoms with van der Waals surface area (Å²) >= 11 is 0. The van der Waals surface area contributed by atoms with Crippen LogP contribution in [0.2, 0.25) is 0 Å². The fourth-order valence-corrected chi connectivity index (χ4v) is 2.22. The molecule has 0 saturated heterocycles. The number of hydrogen-bond donors (Lipinski definition) is 3. The number of rotatable bonds is 8. The van der Waals surface area contributed by atoms with Gasteiger partial charge in [-0.05, 0) is 38.8 Å². The summed E-state index contributed by atoms with van der Waals surface area (Å²) < 4.78 is 0. The molecule has 1 saturated carbocycles. The van der Waals surface area contributed by atoms with Crippen LogP contribution < -0.4 is 10.6 Å². The van der Waals surface area contributed by atoms with E-state index in [4.69, 9.17) is 5.11 Å². The van der Waals surface area contributed by atoms with Gasteiger partial charge in [0.1, 0.15) is 0 Å². The first-order chi connectivity index (χ1) is 9.29. The molecule has 0 aromatic rings. The van der Waals surface area contributed by atoms with Crippen LogP contribution in [0.25, 0.3) is 0 Å². The van der Waals surface area contributed by atoms with Crippen LogP contribution in [0, 0.1) is 11.8 Å². The zero-order chi connectivity index (χ0) is 15.3. The lowest BCUT2D eigenvalue weighted by Gasteiger charge is -2.27. The van der Waals surface area contributed by atoms with Crippen molar-refractivity contribution < 1.29 is 14.7 Å². The van der Waals surface area contributed by atoms with Crippen LogP contribution >= 0.6 is 0 Å². The molecular weight excluding hydrogens is 258 g/mol. The molecule has 0 aliphatic heterocycles. The second-order valence-electron chi connectivity index (χ2n) is 6.27. The minimum absolute atomic E-state index is 0.00187. The summed E-state index contributed by atoms with van der Waals surface area (Å²) in [5, 5.41) is 14.7. The van der Waals surface area contributed by atoms with Gasteiger partial charge in [0.15, 0.2) is 0 Å². The zero-order valence-electron chi connectivity index (χ0n) is 12.8. The lowest BCUT2D eigenvalue weighted by molar-refractivity contribution is -0.137. The quantitative estimate of drug-likeness (QED) is 0.624. The molecule has 2 unspecified atom stereocenters. The highest BCUT2D eigenvalue weighted by Crippen LogP contribution is 2.33. The predicted molar refractivity (Wildman–Crippen MR) is 77.6 cm³/mol. The van der Waals surface area contributed by atoms with E-state index in [1.54, 1.807) is 0 Å². The number of nitrogens with zero attached hydrogens (tertiary/aromatic N) is 1. The number of nitrogens with one attached hydrogen (secondary N) is 2. The van der Waals surface area contributed by atoms with E-state index in [0.717, 1.165) is 19.4 Å². The molecule has 20 heavy (non-hydrogen) atoms. The molecule has 0 aromatic heterocycles. The van der Waals surface area contributed by atoms with Crippen molar-refractivity contribution >= 4 is 12.0 Å². The lowest BCUT2D eigenvalue weighted by Crippen LogP contribution is -2.51. The molecule has 0 radical (unpaired) electrons. The number of urea groups is 1. The van der Waals surface area contributed by atoms with E-state index in [2.05, 4.69) is 24.5 Å². The van der Waals surface area contributed by atoms with Crippen LogP contribution in [0.15, 0.2) is 0 Å². The van der Waals surface area contributed by atoms with Gasteiger partial charge in [-0.2, -0.15) is 0 Å². The second-order valence-corrected chi connectivity index (χ2v) is 6.27. The molecule has 116 valence electrons.